The number of hydrogen-bond donors (Lipinski definition) is 2. The minimum Gasteiger partial charge on any atom is -0.488 e. The van der Waals surface area contributed by atoms with Crippen LogP contribution in [0.4, 0.5) is 4.39 Å². The smallest absolute Gasteiger partial charge is 0.130 e. The molecule has 19 heavy (non-hydrogen) atoms. The van der Waals surface area contributed by atoms with E-state index in [1.165, 1.54) is 18.2 Å². The third-order valence-corrected chi connectivity index (χ3v) is 2.79. The number of nitrogens with one attached hydrogen (secondary N) is 1. The van der Waals surface area contributed by atoms with Crippen LogP contribution in [0.2, 0.25) is 5.02 Å². The molecular formula is C14H12ClFN2O. The molecule has 0 spiro atoms. The van der Waals surface area contributed by atoms with E-state index in [2.05, 4.69) is 0 Å². The summed E-state index contributed by atoms with van der Waals surface area (Å²) in [6.07, 6.45) is 0. The standard InChI is InChI=1S/C14H12ClFN2O/c15-10-3-1-9(2-4-10)8-19-13-6-5-11(16)7-12(13)14(17)18/h1-7H,8H2,(H3,17,18). The maximum Gasteiger partial charge on any atom is 0.130 e. The fourth-order valence-corrected chi connectivity index (χ4v) is 1.71. The van der Waals surface area contributed by atoms with Gasteiger partial charge in [0.25, 0.3) is 0 Å². The van der Waals surface area contributed by atoms with Crippen molar-refractivity contribution in [2.24, 2.45) is 5.73 Å². The van der Waals surface area contributed by atoms with Crippen molar-refractivity contribution in [2.75, 3.05) is 0 Å². The summed E-state index contributed by atoms with van der Waals surface area (Å²) >= 11 is 5.79. The lowest BCUT2D eigenvalue weighted by Crippen LogP contribution is -2.13. The highest BCUT2D eigenvalue weighted by atomic mass is 35.5. The van der Waals surface area contributed by atoms with Crippen molar-refractivity contribution in [2.45, 2.75) is 6.61 Å². The van der Waals surface area contributed by atoms with E-state index < -0.39 is 5.82 Å². The molecule has 3 N–H and O–H groups in total. The van der Waals surface area contributed by atoms with E-state index in [0.717, 1.165) is 5.56 Å². The number of nitrogen functional groups attached to an aromatic ring is 1. The van der Waals surface area contributed by atoms with Gasteiger partial charge in [0.05, 0.1) is 5.56 Å². The molecular weight excluding hydrogens is 267 g/mol. The molecule has 2 aromatic rings. The Morgan fingerprint density at radius 3 is 2.53 bits per heavy atom. The van der Waals surface area contributed by atoms with Gasteiger partial charge in [-0.05, 0) is 35.9 Å². The molecule has 2 aromatic carbocycles. The van der Waals surface area contributed by atoms with Gasteiger partial charge < -0.3 is 10.5 Å². The molecule has 0 amide bonds. The zero-order chi connectivity index (χ0) is 13.8. The fourth-order valence-electron chi connectivity index (χ4n) is 1.58. The van der Waals surface area contributed by atoms with Gasteiger partial charge in [-0.25, -0.2) is 4.39 Å². The molecule has 0 fully saturated rings. The normalized spacial score (nSPS) is 10.2. The molecule has 98 valence electrons. The van der Waals surface area contributed by atoms with Crippen LogP contribution in [0, 0.1) is 11.2 Å². The molecule has 0 aliphatic heterocycles. The van der Waals surface area contributed by atoms with Crippen LogP contribution in [0.25, 0.3) is 0 Å². The van der Waals surface area contributed by atoms with Crippen LogP contribution in [0.3, 0.4) is 0 Å². The van der Waals surface area contributed by atoms with Crippen molar-refractivity contribution < 1.29 is 9.13 Å². The molecule has 0 radical (unpaired) electrons. The zero-order valence-corrected chi connectivity index (χ0v) is 10.7. The fraction of sp³-hybridized carbons (Fsp3) is 0.0714. The SMILES string of the molecule is N=C(N)c1cc(F)ccc1OCc1ccc(Cl)cc1. The molecule has 0 aromatic heterocycles. The predicted molar refractivity (Wildman–Crippen MR) is 73.2 cm³/mol. The topological polar surface area (TPSA) is 59.1 Å². The van der Waals surface area contributed by atoms with Gasteiger partial charge in [0.2, 0.25) is 0 Å². The van der Waals surface area contributed by atoms with Gasteiger partial charge in [-0.2, -0.15) is 0 Å². The Hall–Kier alpha value is -2.07. The molecule has 0 saturated heterocycles. The minimum absolute atomic E-state index is 0.231. The maximum absolute atomic E-state index is 13.1. The molecule has 0 heterocycles. The summed E-state index contributed by atoms with van der Waals surface area (Å²) in [5, 5.41) is 8.05. The van der Waals surface area contributed by atoms with Crippen molar-refractivity contribution >= 4 is 17.4 Å². The summed E-state index contributed by atoms with van der Waals surface area (Å²) in [6, 6.07) is 11.1. The van der Waals surface area contributed by atoms with Crippen molar-refractivity contribution in [3.05, 3.63) is 64.4 Å². The summed E-state index contributed by atoms with van der Waals surface area (Å²) in [6.45, 7) is 0.295. The number of rotatable bonds is 4. The lowest BCUT2D eigenvalue weighted by molar-refractivity contribution is 0.305. The maximum atomic E-state index is 13.1. The summed E-state index contributed by atoms with van der Waals surface area (Å²) in [7, 11) is 0. The van der Waals surface area contributed by atoms with Gasteiger partial charge in [-0.3, -0.25) is 5.41 Å². The predicted octanol–water partition coefficient (Wildman–Crippen LogP) is 3.34. The molecule has 0 bridgehead atoms. The largest absolute Gasteiger partial charge is 0.488 e. The van der Waals surface area contributed by atoms with Gasteiger partial charge in [0.1, 0.15) is 24.0 Å². The number of benzene rings is 2. The molecule has 3 nitrogen and oxygen atoms in total. The number of hydrogen-bond acceptors (Lipinski definition) is 2. The Bertz CT molecular complexity index is 599. The Balaban J connectivity index is 2.15. The van der Waals surface area contributed by atoms with E-state index in [1.54, 1.807) is 12.1 Å². The summed E-state index contributed by atoms with van der Waals surface area (Å²) in [5.74, 6) is -0.307. The van der Waals surface area contributed by atoms with Gasteiger partial charge in [0, 0.05) is 5.02 Å². The second-order valence-electron chi connectivity index (χ2n) is 3.97. The monoisotopic (exact) mass is 278 g/mol. The van der Waals surface area contributed by atoms with Crippen LogP contribution in [-0.4, -0.2) is 5.84 Å². The van der Waals surface area contributed by atoms with E-state index in [0.29, 0.717) is 17.4 Å². The van der Waals surface area contributed by atoms with Crippen LogP contribution in [0.15, 0.2) is 42.5 Å². The molecule has 0 aliphatic rings. The highest BCUT2D eigenvalue weighted by Gasteiger charge is 2.08. The first-order chi connectivity index (χ1) is 9.06. The lowest BCUT2D eigenvalue weighted by Gasteiger charge is -2.10. The molecule has 0 aliphatic carbocycles. The van der Waals surface area contributed by atoms with Crippen LogP contribution < -0.4 is 10.5 Å². The molecule has 0 unspecified atom stereocenters. The average molecular weight is 279 g/mol. The Morgan fingerprint density at radius 1 is 1.21 bits per heavy atom. The van der Waals surface area contributed by atoms with Gasteiger partial charge >= 0.3 is 0 Å². The van der Waals surface area contributed by atoms with Crippen LogP contribution in [0.5, 0.6) is 5.75 Å². The zero-order valence-electron chi connectivity index (χ0n) is 9.99. The van der Waals surface area contributed by atoms with Crippen molar-refractivity contribution in [1.29, 1.82) is 5.41 Å². The van der Waals surface area contributed by atoms with Crippen LogP contribution in [-0.2, 0) is 6.61 Å². The number of amidine groups is 1. The van der Waals surface area contributed by atoms with E-state index in [4.69, 9.17) is 27.5 Å². The number of ether oxygens (including phenoxy) is 1. The number of nitrogens with two attached hydrogens (primary N) is 1. The average Bonchev–Trinajstić information content (AvgIpc) is 2.39. The van der Waals surface area contributed by atoms with Gasteiger partial charge in [-0.15, -0.1) is 0 Å². The summed E-state index contributed by atoms with van der Waals surface area (Å²) in [4.78, 5) is 0. The van der Waals surface area contributed by atoms with Crippen LogP contribution in [0.1, 0.15) is 11.1 Å². The van der Waals surface area contributed by atoms with Gasteiger partial charge in [0.15, 0.2) is 0 Å². The second kappa shape index (κ2) is 5.71. The van der Waals surface area contributed by atoms with Crippen molar-refractivity contribution in [3.63, 3.8) is 0 Å². The first-order valence-electron chi connectivity index (χ1n) is 5.57. The van der Waals surface area contributed by atoms with E-state index >= 15 is 0 Å². The third-order valence-electron chi connectivity index (χ3n) is 2.54. The molecule has 0 atom stereocenters. The summed E-state index contributed by atoms with van der Waals surface area (Å²) in [5.41, 5.74) is 6.56. The minimum atomic E-state index is -0.455. The van der Waals surface area contributed by atoms with E-state index in [-0.39, 0.29) is 11.4 Å². The Kier molecular flexibility index (Phi) is 4.02. The number of halogens is 2. The van der Waals surface area contributed by atoms with E-state index in [1.807, 2.05) is 12.1 Å². The highest BCUT2D eigenvalue weighted by Crippen LogP contribution is 2.21. The molecule has 0 saturated carbocycles. The quantitative estimate of drug-likeness (QED) is 0.666. The summed E-state index contributed by atoms with van der Waals surface area (Å²) < 4.78 is 18.6. The molecule has 2 rings (SSSR count). The van der Waals surface area contributed by atoms with Crippen LogP contribution >= 0.6 is 11.6 Å². The lowest BCUT2D eigenvalue weighted by atomic mass is 10.1. The molecule has 5 heteroatoms. The third kappa shape index (κ3) is 3.45. The first-order valence-corrected chi connectivity index (χ1v) is 5.95. The van der Waals surface area contributed by atoms with Gasteiger partial charge in [-0.1, -0.05) is 23.7 Å². The van der Waals surface area contributed by atoms with Crippen molar-refractivity contribution in [3.8, 4) is 5.75 Å². The second-order valence-corrected chi connectivity index (χ2v) is 4.41. The Morgan fingerprint density at radius 2 is 1.89 bits per heavy atom. The first kappa shape index (κ1) is 13.4. The van der Waals surface area contributed by atoms with Crippen molar-refractivity contribution in [1.82, 2.24) is 0 Å². The Labute approximate surface area is 115 Å². The highest BCUT2D eigenvalue weighted by molar-refractivity contribution is 6.30. The van der Waals surface area contributed by atoms with E-state index in [9.17, 15) is 4.39 Å².